The average Bonchev–Trinajstić information content (AvgIpc) is 2.82. The van der Waals surface area contributed by atoms with Crippen molar-refractivity contribution in [1.82, 2.24) is 10.3 Å². The van der Waals surface area contributed by atoms with Crippen LogP contribution in [0.2, 0.25) is 0 Å². The standard InChI is InChI=1S/C13H16N2O2S/c1-8-14-9(7-18-8)10-5-6-11(17-10)12(16)15-13(2,3)4/h5-7H,1-4H3,(H,15,16). The molecule has 0 aliphatic rings. The minimum Gasteiger partial charge on any atom is -0.449 e. The van der Waals surface area contributed by atoms with Gasteiger partial charge in [0.2, 0.25) is 0 Å². The molecule has 0 bridgehead atoms. The summed E-state index contributed by atoms with van der Waals surface area (Å²) >= 11 is 1.56. The van der Waals surface area contributed by atoms with E-state index in [0.717, 1.165) is 10.7 Å². The Bertz CT molecular complexity index is 564. The molecule has 2 rings (SSSR count). The minimum atomic E-state index is -0.277. The number of hydrogen-bond acceptors (Lipinski definition) is 4. The summed E-state index contributed by atoms with van der Waals surface area (Å²) in [5, 5.41) is 5.75. The van der Waals surface area contributed by atoms with Crippen LogP contribution >= 0.6 is 11.3 Å². The molecular formula is C13H16N2O2S. The molecule has 1 N–H and O–H groups in total. The monoisotopic (exact) mass is 264 g/mol. The number of amides is 1. The highest BCUT2D eigenvalue weighted by atomic mass is 32.1. The Balaban J connectivity index is 2.18. The second-order valence-electron chi connectivity index (χ2n) is 5.12. The minimum absolute atomic E-state index is 0.208. The molecule has 0 aliphatic carbocycles. The van der Waals surface area contributed by atoms with Crippen molar-refractivity contribution >= 4 is 17.2 Å². The van der Waals surface area contributed by atoms with Crippen LogP contribution in [0.25, 0.3) is 11.5 Å². The van der Waals surface area contributed by atoms with E-state index in [1.165, 1.54) is 0 Å². The van der Waals surface area contributed by atoms with Gasteiger partial charge in [0, 0.05) is 10.9 Å². The van der Waals surface area contributed by atoms with E-state index in [2.05, 4.69) is 10.3 Å². The summed E-state index contributed by atoms with van der Waals surface area (Å²) in [6, 6.07) is 3.44. The highest BCUT2D eigenvalue weighted by molar-refractivity contribution is 7.09. The third kappa shape index (κ3) is 2.98. The maximum absolute atomic E-state index is 11.9. The summed E-state index contributed by atoms with van der Waals surface area (Å²) in [6.07, 6.45) is 0. The Morgan fingerprint density at radius 1 is 1.39 bits per heavy atom. The van der Waals surface area contributed by atoms with Crippen molar-refractivity contribution in [3.05, 3.63) is 28.3 Å². The van der Waals surface area contributed by atoms with Gasteiger partial charge in [0.15, 0.2) is 11.5 Å². The molecule has 18 heavy (non-hydrogen) atoms. The van der Waals surface area contributed by atoms with Gasteiger partial charge in [0.05, 0.1) is 5.01 Å². The second kappa shape index (κ2) is 4.57. The zero-order valence-corrected chi connectivity index (χ0v) is 11.7. The summed E-state index contributed by atoms with van der Waals surface area (Å²) in [5.74, 6) is 0.727. The molecule has 5 heteroatoms. The lowest BCUT2D eigenvalue weighted by Gasteiger charge is -2.19. The summed E-state index contributed by atoms with van der Waals surface area (Å²) in [4.78, 5) is 16.2. The van der Waals surface area contributed by atoms with Gasteiger partial charge in [0.25, 0.3) is 5.91 Å². The topological polar surface area (TPSA) is 55.1 Å². The van der Waals surface area contributed by atoms with Crippen LogP contribution in [-0.4, -0.2) is 16.4 Å². The molecule has 4 nitrogen and oxygen atoms in total. The van der Waals surface area contributed by atoms with E-state index < -0.39 is 0 Å². The van der Waals surface area contributed by atoms with E-state index in [4.69, 9.17) is 4.42 Å². The van der Waals surface area contributed by atoms with E-state index in [1.54, 1.807) is 23.5 Å². The average molecular weight is 264 g/mol. The van der Waals surface area contributed by atoms with Crippen LogP contribution < -0.4 is 5.32 Å². The Hall–Kier alpha value is -1.62. The number of carbonyl (C=O) groups excluding carboxylic acids is 1. The lowest BCUT2D eigenvalue weighted by atomic mass is 10.1. The SMILES string of the molecule is Cc1nc(-c2ccc(C(=O)NC(C)(C)C)o2)cs1. The second-order valence-corrected chi connectivity index (χ2v) is 6.18. The molecule has 0 aliphatic heterocycles. The van der Waals surface area contributed by atoms with Crippen molar-refractivity contribution in [2.75, 3.05) is 0 Å². The van der Waals surface area contributed by atoms with Crippen molar-refractivity contribution in [3.8, 4) is 11.5 Å². The Morgan fingerprint density at radius 3 is 2.67 bits per heavy atom. The number of thiazole rings is 1. The van der Waals surface area contributed by atoms with Gasteiger partial charge >= 0.3 is 0 Å². The first-order valence-corrected chi connectivity index (χ1v) is 6.58. The van der Waals surface area contributed by atoms with Crippen LogP contribution in [0.4, 0.5) is 0 Å². The van der Waals surface area contributed by atoms with Crippen LogP contribution in [0.15, 0.2) is 21.9 Å². The Kier molecular flexibility index (Phi) is 3.26. The van der Waals surface area contributed by atoms with Gasteiger partial charge in [-0.05, 0) is 39.8 Å². The van der Waals surface area contributed by atoms with Crippen molar-refractivity contribution in [1.29, 1.82) is 0 Å². The zero-order chi connectivity index (χ0) is 13.3. The number of aromatic nitrogens is 1. The van der Waals surface area contributed by atoms with Crippen molar-refractivity contribution in [3.63, 3.8) is 0 Å². The van der Waals surface area contributed by atoms with Crippen molar-refractivity contribution < 1.29 is 9.21 Å². The number of furan rings is 1. The van der Waals surface area contributed by atoms with Crippen molar-refractivity contribution in [2.45, 2.75) is 33.2 Å². The van der Waals surface area contributed by atoms with E-state index in [1.807, 2.05) is 33.1 Å². The number of nitrogens with zero attached hydrogens (tertiary/aromatic N) is 1. The first-order chi connectivity index (χ1) is 8.35. The van der Waals surface area contributed by atoms with Crippen LogP contribution in [-0.2, 0) is 0 Å². The largest absolute Gasteiger partial charge is 0.449 e. The summed E-state index contributed by atoms with van der Waals surface area (Å²) in [7, 11) is 0. The fourth-order valence-electron chi connectivity index (χ4n) is 1.48. The molecule has 0 aromatic carbocycles. The first-order valence-electron chi connectivity index (χ1n) is 5.70. The van der Waals surface area contributed by atoms with Gasteiger partial charge in [-0.1, -0.05) is 0 Å². The lowest BCUT2D eigenvalue weighted by Crippen LogP contribution is -2.40. The molecule has 0 saturated carbocycles. The summed E-state index contributed by atoms with van der Waals surface area (Å²) in [6.45, 7) is 7.72. The number of carbonyl (C=O) groups is 1. The third-order valence-electron chi connectivity index (χ3n) is 2.19. The smallest absolute Gasteiger partial charge is 0.287 e. The van der Waals surface area contributed by atoms with Gasteiger partial charge in [-0.15, -0.1) is 11.3 Å². The van der Waals surface area contributed by atoms with Gasteiger partial charge in [0.1, 0.15) is 5.69 Å². The quantitative estimate of drug-likeness (QED) is 0.906. The molecule has 0 atom stereocenters. The highest BCUT2D eigenvalue weighted by Gasteiger charge is 2.18. The number of hydrogen-bond donors (Lipinski definition) is 1. The third-order valence-corrected chi connectivity index (χ3v) is 2.96. The van der Waals surface area contributed by atoms with Crippen molar-refractivity contribution in [2.24, 2.45) is 0 Å². The van der Waals surface area contributed by atoms with Gasteiger partial charge in [-0.25, -0.2) is 4.98 Å². The molecule has 2 heterocycles. The molecule has 0 spiro atoms. The zero-order valence-electron chi connectivity index (χ0n) is 10.9. The van der Waals surface area contributed by atoms with E-state index in [0.29, 0.717) is 11.5 Å². The molecule has 1 amide bonds. The number of nitrogens with one attached hydrogen (secondary N) is 1. The Morgan fingerprint density at radius 2 is 2.11 bits per heavy atom. The number of aryl methyl sites for hydroxylation is 1. The molecule has 0 saturated heterocycles. The fourth-order valence-corrected chi connectivity index (χ4v) is 2.08. The van der Waals surface area contributed by atoms with E-state index in [-0.39, 0.29) is 11.4 Å². The molecule has 0 unspecified atom stereocenters. The molecular weight excluding hydrogens is 248 g/mol. The van der Waals surface area contributed by atoms with E-state index in [9.17, 15) is 4.79 Å². The fraction of sp³-hybridized carbons (Fsp3) is 0.385. The highest BCUT2D eigenvalue weighted by Crippen LogP contribution is 2.23. The predicted molar refractivity (Wildman–Crippen MR) is 71.8 cm³/mol. The maximum atomic E-state index is 11.9. The van der Waals surface area contributed by atoms with Crippen LogP contribution in [0.5, 0.6) is 0 Å². The van der Waals surface area contributed by atoms with Crippen LogP contribution in [0.1, 0.15) is 36.3 Å². The first kappa shape index (κ1) is 12.8. The number of rotatable bonds is 2. The predicted octanol–water partition coefficient (Wildman–Crippen LogP) is 3.24. The lowest BCUT2D eigenvalue weighted by molar-refractivity contribution is 0.0892. The van der Waals surface area contributed by atoms with Gasteiger partial charge < -0.3 is 9.73 Å². The molecule has 0 fully saturated rings. The molecule has 2 aromatic heterocycles. The summed E-state index contributed by atoms with van der Waals surface area (Å²) < 4.78 is 5.52. The molecule has 96 valence electrons. The van der Waals surface area contributed by atoms with Gasteiger partial charge in [-0.2, -0.15) is 0 Å². The Labute approximate surface area is 110 Å². The van der Waals surface area contributed by atoms with E-state index >= 15 is 0 Å². The maximum Gasteiger partial charge on any atom is 0.287 e. The summed E-state index contributed by atoms with van der Waals surface area (Å²) in [5.41, 5.74) is 0.494. The van der Waals surface area contributed by atoms with Gasteiger partial charge in [-0.3, -0.25) is 4.79 Å². The molecule has 2 aromatic rings. The van der Waals surface area contributed by atoms with Crippen LogP contribution in [0, 0.1) is 6.92 Å². The normalized spacial score (nSPS) is 11.6. The molecule has 0 radical (unpaired) electrons. The van der Waals surface area contributed by atoms with Crippen LogP contribution in [0.3, 0.4) is 0 Å².